The molecule has 1 heterocycles. The first kappa shape index (κ1) is 17.4. The fraction of sp³-hybridized carbons (Fsp3) is 1.00. The molecule has 0 saturated carbocycles. The molecular formula is C9H20Cl2N2O3S. The molecule has 1 fully saturated rings. The summed E-state index contributed by atoms with van der Waals surface area (Å²) >= 11 is 5.20. The van der Waals surface area contributed by atoms with Gasteiger partial charge in [-0.25, -0.2) is 8.42 Å². The van der Waals surface area contributed by atoms with Crippen LogP contribution in [0.5, 0.6) is 0 Å². The summed E-state index contributed by atoms with van der Waals surface area (Å²) in [5.74, 6) is 0. The Morgan fingerprint density at radius 3 is 2.29 bits per heavy atom. The van der Waals surface area contributed by atoms with Gasteiger partial charge in [0.25, 0.3) is 0 Å². The van der Waals surface area contributed by atoms with Gasteiger partial charge in [-0.15, -0.1) is 24.0 Å². The van der Waals surface area contributed by atoms with Crippen LogP contribution in [0, 0.1) is 0 Å². The summed E-state index contributed by atoms with van der Waals surface area (Å²) in [7, 11) is -3.45. The topological polar surface area (TPSA) is 58.6 Å². The summed E-state index contributed by atoms with van der Waals surface area (Å²) in [4.78, 5) is 9.14. The number of nitrogens with zero attached hydrogens (tertiary/aromatic N) is 1. The Morgan fingerprint density at radius 1 is 1.18 bits per heavy atom. The molecule has 8 heteroatoms. The predicted octanol–water partition coefficient (Wildman–Crippen LogP) is 1.33. The number of likely N-dealkylation sites (tertiary alicyclic amines) is 1. The zero-order valence-corrected chi connectivity index (χ0v) is 12.1. The van der Waals surface area contributed by atoms with Crippen molar-refractivity contribution >= 4 is 34.0 Å². The number of sulfonamides is 1. The lowest BCUT2D eigenvalue weighted by atomic mass is 10.2. The third-order valence-electron chi connectivity index (χ3n) is 2.54. The van der Waals surface area contributed by atoms with Crippen LogP contribution < -0.4 is 4.89 Å². The quantitative estimate of drug-likeness (QED) is 0.457. The first-order valence-corrected chi connectivity index (χ1v) is 7.72. The maximum absolute atomic E-state index is 10.9. The van der Waals surface area contributed by atoms with Crippen LogP contribution in [0.4, 0.5) is 0 Å². The summed E-state index contributed by atoms with van der Waals surface area (Å²) in [6.07, 6.45) is 5.01. The van der Waals surface area contributed by atoms with Crippen molar-refractivity contribution in [2.75, 3.05) is 31.5 Å². The number of nitrogens with one attached hydrogen (secondary N) is 1. The molecule has 0 aliphatic carbocycles. The molecule has 17 heavy (non-hydrogen) atoms. The van der Waals surface area contributed by atoms with E-state index in [0.717, 1.165) is 19.6 Å². The van der Waals surface area contributed by atoms with Crippen molar-refractivity contribution in [1.82, 2.24) is 9.79 Å². The predicted molar refractivity (Wildman–Crippen MR) is 70.9 cm³/mol. The van der Waals surface area contributed by atoms with E-state index >= 15 is 0 Å². The highest BCUT2D eigenvalue weighted by Gasteiger charge is 2.10. The molecule has 0 spiro atoms. The Bertz CT molecular complexity index is 280. The van der Waals surface area contributed by atoms with Crippen LogP contribution in [0.15, 0.2) is 0 Å². The molecule has 1 N–H and O–H groups in total. The van der Waals surface area contributed by atoms with E-state index in [1.54, 1.807) is 0 Å². The molecule has 1 aliphatic heterocycles. The van der Waals surface area contributed by atoms with Crippen molar-refractivity contribution < 1.29 is 13.3 Å². The molecule has 104 valence electrons. The summed E-state index contributed by atoms with van der Waals surface area (Å²) < 4.78 is 21.8. The van der Waals surface area contributed by atoms with Crippen molar-refractivity contribution in [2.24, 2.45) is 0 Å². The molecule has 0 aromatic rings. The number of alkyl halides is 1. The molecule has 5 nitrogen and oxygen atoms in total. The Hall–Kier alpha value is 0.410. The highest BCUT2D eigenvalue weighted by atomic mass is 35.5. The Balaban J connectivity index is 0.00000256. The van der Waals surface area contributed by atoms with Gasteiger partial charge in [0.05, 0.1) is 6.61 Å². The smallest absolute Gasteiger partial charge is 0.247 e. The minimum atomic E-state index is -3.45. The maximum atomic E-state index is 10.9. The first-order chi connectivity index (χ1) is 7.64. The van der Waals surface area contributed by atoms with Crippen LogP contribution in [0.2, 0.25) is 0 Å². The minimum absolute atomic E-state index is 0. The fourth-order valence-electron chi connectivity index (χ4n) is 1.69. The van der Waals surface area contributed by atoms with Crippen molar-refractivity contribution in [3.63, 3.8) is 0 Å². The van der Waals surface area contributed by atoms with Crippen LogP contribution in [0.3, 0.4) is 0 Å². The molecule has 0 unspecified atom stereocenters. The fourth-order valence-corrected chi connectivity index (χ4v) is 2.13. The van der Waals surface area contributed by atoms with E-state index in [9.17, 15) is 8.42 Å². The van der Waals surface area contributed by atoms with Gasteiger partial charge in [0, 0.05) is 6.54 Å². The SMILES string of the molecule is Cl.O=S(=O)(CCl)NOCCN1CCCCCC1. The number of halogens is 2. The number of hydrogen-bond acceptors (Lipinski definition) is 4. The molecule has 0 aromatic carbocycles. The van der Waals surface area contributed by atoms with Gasteiger partial charge in [-0.2, -0.15) is 0 Å². The van der Waals surface area contributed by atoms with Crippen molar-refractivity contribution in [1.29, 1.82) is 0 Å². The zero-order chi connectivity index (χ0) is 11.9. The van der Waals surface area contributed by atoms with Crippen LogP contribution in [-0.4, -0.2) is 44.8 Å². The summed E-state index contributed by atoms with van der Waals surface area (Å²) in [5, 5.41) is -0.475. The molecule has 1 aliphatic rings. The highest BCUT2D eigenvalue weighted by Crippen LogP contribution is 2.08. The van der Waals surface area contributed by atoms with E-state index in [1.165, 1.54) is 25.7 Å². The monoisotopic (exact) mass is 306 g/mol. The largest absolute Gasteiger partial charge is 0.301 e. The van der Waals surface area contributed by atoms with Gasteiger partial charge in [-0.1, -0.05) is 17.7 Å². The number of hydrogen-bond donors (Lipinski definition) is 1. The molecule has 1 saturated heterocycles. The molecule has 0 atom stereocenters. The summed E-state index contributed by atoms with van der Waals surface area (Å²) in [6.45, 7) is 3.26. The minimum Gasteiger partial charge on any atom is -0.301 e. The lowest BCUT2D eigenvalue weighted by Crippen LogP contribution is -2.32. The van der Waals surface area contributed by atoms with Crippen LogP contribution in [0.25, 0.3) is 0 Å². The average molecular weight is 307 g/mol. The number of rotatable bonds is 6. The Morgan fingerprint density at radius 2 is 1.76 bits per heavy atom. The second-order valence-electron chi connectivity index (χ2n) is 3.91. The third kappa shape index (κ3) is 8.18. The Kier molecular flexibility index (Phi) is 9.58. The maximum Gasteiger partial charge on any atom is 0.247 e. The second-order valence-corrected chi connectivity index (χ2v) is 6.18. The summed E-state index contributed by atoms with van der Waals surface area (Å²) in [5.41, 5.74) is 0. The van der Waals surface area contributed by atoms with E-state index < -0.39 is 15.2 Å². The normalized spacial score (nSPS) is 18.4. The molecule has 0 amide bonds. The van der Waals surface area contributed by atoms with Gasteiger partial charge in [-0.3, -0.25) is 4.84 Å². The van der Waals surface area contributed by atoms with Gasteiger partial charge in [0.2, 0.25) is 10.0 Å². The van der Waals surface area contributed by atoms with Crippen LogP contribution in [-0.2, 0) is 14.9 Å². The molecule has 0 bridgehead atoms. The van der Waals surface area contributed by atoms with Crippen LogP contribution >= 0.6 is 24.0 Å². The van der Waals surface area contributed by atoms with E-state index in [0.29, 0.717) is 6.61 Å². The van der Waals surface area contributed by atoms with Gasteiger partial charge in [0.15, 0.2) is 0 Å². The van der Waals surface area contributed by atoms with Gasteiger partial charge in [-0.05, 0) is 25.9 Å². The standard InChI is InChI=1S/C9H19ClN2O3S.ClH/c10-9-16(13,14)11-15-8-7-12-5-3-1-2-4-6-12;/h11H,1-9H2;1H. The van der Waals surface area contributed by atoms with E-state index in [-0.39, 0.29) is 12.4 Å². The summed E-state index contributed by atoms with van der Waals surface area (Å²) in [6, 6.07) is 0. The van der Waals surface area contributed by atoms with Gasteiger partial charge < -0.3 is 4.90 Å². The molecule has 0 radical (unpaired) electrons. The Labute approximate surface area is 114 Å². The van der Waals surface area contributed by atoms with E-state index in [4.69, 9.17) is 16.4 Å². The van der Waals surface area contributed by atoms with E-state index in [1.807, 2.05) is 4.89 Å². The average Bonchev–Trinajstić information content (AvgIpc) is 2.53. The highest BCUT2D eigenvalue weighted by molar-refractivity contribution is 7.90. The molecule has 1 rings (SSSR count). The first-order valence-electron chi connectivity index (χ1n) is 5.53. The molecular weight excluding hydrogens is 287 g/mol. The lowest BCUT2D eigenvalue weighted by molar-refractivity contribution is 0.0714. The second kappa shape index (κ2) is 9.35. The zero-order valence-electron chi connectivity index (χ0n) is 9.73. The van der Waals surface area contributed by atoms with Gasteiger partial charge >= 0.3 is 0 Å². The van der Waals surface area contributed by atoms with Crippen molar-refractivity contribution in [2.45, 2.75) is 25.7 Å². The lowest BCUT2D eigenvalue weighted by Gasteiger charge is -2.19. The van der Waals surface area contributed by atoms with Crippen molar-refractivity contribution in [3.8, 4) is 0 Å². The van der Waals surface area contributed by atoms with Crippen molar-refractivity contribution in [3.05, 3.63) is 0 Å². The third-order valence-corrected chi connectivity index (χ3v) is 4.06. The van der Waals surface area contributed by atoms with Gasteiger partial charge in [0.1, 0.15) is 5.21 Å². The van der Waals surface area contributed by atoms with E-state index in [2.05, 4.69) is 4.90 Å². The molecule has 0 aromatic heterocycles. The van der Waals surface area contributed by atoms with Crippen LogP contribution in [0.1, 0.15) is 25.7 Å².